The Morgan fingerprint density at radius 3 is 1.47 bits per heavy atom. The lowest BCUT2D eigenvalue weighted by Crippen LogP contribution is -2.59. The van der Waals surface area contributed by atoms with Crippen molar-refractivity contribution < 1.29 is 44.2 Å². The second kappa shape index (κ2) is 42.9. The van der Waals surface area contributed by atoms with Crippen LogP contribution in [-0.4, -0.2) is 89.6 Å². The SMILES string of the molecule is CCCCC/C=C\C/C=C\CCCCCCCC(=O)OC(COCCCCCCCCCCCCCCCCCCCCCCCC)COC1OC(CO)C(O)C(O)C1O. The smallest absolute Gasteiger partial charge is 0.306 e. The van der Waals surface area contributed by atoms with E-state index in [-0.39, 0.29) is 19.2 Å². The minimum atomic E-state index is -1.54. The number of carbonyl (C=O) groups excluding carboxylic acids is 1. The van der Waals surface area contributed by atoms with E-state index in [0.29, 0.717) is 13.0 Å². The average molecular weight is 853 g/mol. The van der Waals surface area contributed by atoms with E-state index < -0.39 is 43.4 Å². The van der Waals surface area contributed by atoms with Crippen molar-refractivity contribution in [3.05, 3.63) is 24.3 Å². The van der Waals surface area contributed by atoms with Crippen molar-refractivity contribution in [2.75, 3.05) is 26.4 Å². The molecule has 1 saturated heterocycles. The van der Waals surface area contributed by atoms with Crippen LogP contribution in [0.15, 0.2) is 24.3 Å². The summed E-state index contributed by atoms with van der Waals surface area (Å²) in [4.78, 5) is 12.8. The lowest BCUT2D eigenvalue weighted by molar-refractivity contribution is -0.305. The number of rotatable bonds is 44. The first-order valence-electron chi connectivity index (χ1n) is 25.4. The van der Waals surface area contributed by atoms with E-state index in [2.05, 4.69) is 38.2 Å². The Labute approximate surface area is 368 Å². The summed E-state index contributed by atoms with van der Waals surface area (Å²) in [6, 6.07) is 0. The molecule has 0 aromatic carbocycles. The Bertz CT molecular complexity index is 972. The van der Waals surface area contributed by atoms with Gasteiger partial charge in [0.15, 0.2) is 6.29 Å². The molecule has 1 heterocycles. The van der Waals surface area contributed by atoms with E-state index in [1.54, 1.807) is 0 Å². The second-order valence-electron chi connectivity index (χ2n) is 17.6. The number of aliphatic hydroxyl groups excluding tert-OH is 4. The third kappa shape index (κ3) is 33.3. The third-order valence-corrected chi connectivity index (χ3v) is 11.9. The van der Waals surface area contributed by atoms with Crippen LogP contribution in [0.1, 0.15) is 232 Å². The predicted octanol–water partition coefficient (Wildman–Crippen LogP) is 12.1. The van der Waals surface area contributed by atoms with Crippen LogP contribution in [0.3, 0.4) is 0 Å². The standard InChI is InChI=1S/C51H96O9/c1-3-5-7-9-11-13-15-17-19-20-21-22-23-24-25-27-29-31-33-35-37-39-41-57-43-45(44-58-51-50(56)49(55)48(54)46(42-52)60-51)59-47(53)40-38-36-34-32-30-28-26-18-16-14-12-10-8-6-4-2/h12,14,18,26,45-46,48-52,54-56H,3-11,13,15-17,19-25,27-44H2,1-2H3/b14-12-,26-18-. The van der Waals surface area contributed by atoms with E-state index in [4.69, 9.17) is 18.9 Å². The summed E-state index contributed by atoms with van der Waals surface area (Å²) in [6.45, 7) is 4.56. The lowest BCUT2D eigenvalue weighted by Gasteiger charge is -2.39. The van der Waals surface area contributed by atoms with Gasteiger partial charge >= 0.3 is 5.97 Å². The summed E-state index contributed by atoms with van der Waals surface area (Å²) in [5, 5.41) is 40.2. The summed E-state index contributed by atoms with van der Waals surface area (Å²) >= 11 is 0. The molecule has 6 atom stereocenters. The molecule has 0 amide bonds. The van der Waals surface area contributed by atoms with Gasteiger partial charge in [0.2, 0.25) is 0 Å². The Morgan fingerprint density at radius 1 is 0.533 bits per heavy atom. The van der Waals surface area contributed by atoms with Crippen LogP contribution in [0.5, 0.6) is 0 Å². The van der Waals surface area contributed by atoms with Crippen molar-refractivity contribution >= 4 is 5.97 Å². The molecule has 0 radical (unpaired) electrons. The highest BCUT2D eigenvalue weighted by molar-refractivity contribution is 5.69. The molecule has 1 aliphatic heterocycles. The normalized spacial score (nSPS) is 20.1. The number of esters is 1. The molecule has 9 nitrogen and oxygen atoms in total. The first-order valence-corrected chi connectivity index (χ1v) is 25.4. The molecule has 0 aromatic rings. The monoisotopic (exact) mass is 853 g/mol. The zero-order valence-corrected chi connectivity index (χ0v) is 39.0. The second-order valence-corrected chi connectivity index (χ2v) is 17.6. The van der Waals surface area contributed by atoms with E-state index in [9.17, 15) is 25.2 Å². The predicted molar refractivity (Wildman–Crippen MR) is 247 cm³/mol. The molecular weight excluding hydrogens is 757 g/mol. The van der Waals surface area contributed by atoms with Gasteiger partial charge in [0.05, 0.1) is 19.8 Å². The third-order valence-electron chi connectivity index (χ3n) is 11.9. The van der Waals surface area contributed by atoms with Gasteiger partial charge < -0.3 is 39.4 Å². The van der Waals surface area contributed by atoms with Crippen LogP contribution >= 0.6 is 0 Å². The first-order chi connectivity index (χ1) is 29.4. The van der Waals surface area contributed by atoms with E-state index in [1.807, 2.05) is 0 Å². The van der Waals surface area contributed by atoms with Crippen molar-refractivity contribution in [2.24, 2.45) is 0 Å². The van der Waals surface area contributed by atoms with Crippen LogP contribution in [0.4, 0.5) is 0 Å². The van der Waals surface area contributed by atoms with E-state index >= 15 is 0 Å². The number of carbonyl (C=O) groups is 1. The zero-order chi connectivity index (χ0) is 43.6. The number of allylic oxidation sites excluding steroid dienone is 4. The summed E-state index contributed by atoms with van der Waals surface area (Å²) in [6.07, 6.45) is 43.6. The van der Waals surface area contributed by atoms with Gasteiger partial charge in [0.1, 0.15) is 30.5 Å². The molecule has 354 valence electrons. The van der Waals surface area contributed by atoms with Gasteiger partial charge in [-0.2, -0.15) is 0 Å². The van der Waals surface area contributed by atoms with Gasteiger partial charge in [-0.15, -0.1) is 0 Å². The van der Waals surface area contributed by atoms with Gasteiger partial charge in [-0.05, 0) is 44.9 Å². The molecule has 1 aliphatic rings. The maximum absolute atomic E-state index is 12.8. The van der Waals surface area contributed by atoms with Crippen LogP contribution in [0.25, 0.3) is 0 Å². The average Bonchev–Trinajstić information content (AvgIpc) is 3.25. The van der Waals surface area contributed by atoms with E-state index in [0.717, 1.165) is 57.8 Å². The first kappa shape index (κ1) is 56.7. The minimum absolute atomic E-state index is 0.115. The lowest BCUT2D eigenvalue weighted by atomic mass is 9.99. The van der Waals surface area contributed by atoms with Gasteiger partial charge in [0.25, 0.3) is 0 Å². The summed E-state index contributed by atoms with van der Waals surface area (Å²) in [5.41, 5.74) is 0. The number of hydrogen-bond acceptors (Lipinski definition) is 9. The minimum Gasteiger partial charge on any atom is -0.457 e. The highest BCUT2D eigenvalue weighted by Crippen LogP contribution is 2.23. The zero-order valence-electron chi connectivity index (χ0n) is 39.0. The molecular formula is C51H96O9. The highest BCUT2D eigenvalue weighted by atomic mass is 16.7. The molecule has 60 heavy (non-hydrogen) atoms. The Morgan fingerprint density at radius 2 is 0.967 bits per heavy atom. The molecule has 9 heteroatoms. The van der Waals surface area contributed by atoms with Crippen molar-refractivity contribution in [2.45, 2.75) is 269 Å². The molecule has 0 aromatic heterocycles. The fraction of sp³-hybridized carbons (Fsp3) is 0.902. The quantitative estimate of drug-likeness (QED) is 0.0268. The van der Waals surface area contributed by atoms with Crippen LogP contribution in [0, 0.1) is 0 Å². The molecule has 6 unspecified atom stereocenters. The van der Waals surface area contributed by atoms with E-state index in [1.165, 1.54) is 154 Å². The molecule has 1 fully saturated rings. The number of aliphatic hydroxyl groups is 4. The van der Waals surface area contributed by atoms with Crippen molar-refractivity contribution in [1.82, 2.24) is 0 Å². The van der Waals surface area contributed by atoms with Gasteiger partial charge in [-0.25, -0.2) is 0 Å². The molecule has 0 saturated carbocycles. The fourth-order valence-electron chi connectivity index (χ4n) is 7.88. The largest absolute Gasteiger partial charge is 0.457 e. The number of unbranched alkanes of at least 4 members (excludes halogenated alkanes) is 29. The Balaban J connectivity index is 2.18. The topological polar surface area (TPSA) is 135 Å². The maximum atomic E-state index is 12.8. The van der Waals surface area contributed by atoms with Crippen LogP contribution in [-0.2, 0) is 23.7 Å². The molecule has 0 spiro atoms. The van der Waals surface area contributed by atoms with Crippen LogP contribution < -0.4 is 0 Å². The van der Waals surface area contributed by atoms with Gasteiger partial charge in [0, 0.05) is 13.0 Å². The number of hydrogen-bond donors (Lipinski definition) is 4. The van der Waals surface area contributed by atoms with Gasteiger partial charge in [-0.3, -0.25) is 4.79 Å². The molecule has 4 N–H and O–H groups in total. The molecule has 0 aliphatic carbocycles. The highest BCUT2D eigenvalue weighted by Gasteiger charge is 2.44. The maximum Gasteiger partial charge on any atom is 0.306 e. The van der Waals surface area contributed by atoms with Crippen molar-refractivity contribution in [1.29, 1.82) is 0 Å². The van der Waals surface area contributed by atoms with Crippen molar-refractivity contribution in [3.63, 3.8) is 0 Å². The fourth-order valence-corrected chi connectivity index (χ4v) is 7.88. The summed E-state index contributed by atoms with van der Waals surface area (Å²) < 4.78 is 22.9. The Kier molecular flexibility index (Phi) is 40.6. The summed E-state index contributed by atoms with van der Waals surface area (Å²) in [7, 11) is 0. The molecule has 1 rings (SSSR count). The van der Waals surface area contributed by atoms with Crippen molar-refractivity contribution in [3.8, 4) is 0 Å². The Hall–Kier alpha value is -1.33. The van der Waals surface area contributed by atoms with Gasteiger partial charge in [-0.1, -0.05) is 205 Å². The number of ether oxygens (including phenoxy) is 4. The molecule has 0 bridgehead atoms. The summed E-state index contributed by atoms with van der Waals surface area (Å²) in [5.74, 6) is -0.323. The van der Waals surface area contributed by atoms with Crippen LogP contribution in [0.2, 0.25) is 0 Å².